The van der Waals surface area contributed by atoms with Gasteiger partial charge in [0.15, 0.2) is 0 Å². The van der Waals surface area contributed by atoms with E-state index in [1.807, 2.05) is 4.57 Å². The lowest BCUT2D eigenvalue weighted by Crippen LogP contribution is -2.33. The van der Waals surface area contributed by atoms with Crippen molar-refractivity contribution in [2.24, 2.45) is 0 Å². The van der Waals surface area contributed by atoms with Crippen molar-refractivity contribution in [1.82, 2.24) is 14.5 Å². The van der Waals surface area contributed by atoms with Gasteiger partial charge >= 0.3 is 5.69 Å². The Balaban J connectivity index is 1.81. The largest absolute Gasteiger partial charge is 0.348 e. The van der Waals surface area contributed by atoms with Gasteiger partial charge in [-0.3, -0.25) is 4.57 Å². The van der Waals surface area contributed by atoms with Crippen molar-refractivity contribution >= 4 is 11.8 Å². The Morgan fingerprint density at radius 1 is 1.19 bits per heavy atom. The van der Waals surface area contributed by atoms with E-state index in [9.17, 15) is 4.79 Å². The van der Waals surface area contributed by atoms with Crippen LogP contribution in [0.25, 0.3) is 0 Å². The molecule has 0 saturated carbocycles. The number of rotatable bonds is 8. The predicted molar refractivity (Wildman–Crippen MR) is 109 cm³/mol. The lowest BCUT2D eigenvalue weighted by molar-refractivity contribution is 0.286. The van der Waals surface area contributed by atoms with E-state index in [0.717, 1.165) is 56.2 Å². The van der Waals surface area contributed by atoms with Gasteiger partial charge in [0.1, 0.15) is 5.03 Å². The van der Waals surface area contributed by atoms with Gasteiger partial charge in [-0.1, -0.05) is 38.1 Å². The Labute approximate surface area is 160 Å². The third-order valence-electron chi connectivity index (χ3n) is 5.36. The molecule has 0 amide bonds. The average molecular weight is 372 g/mol. The zero-order valence-electron chi connectivity index (χ0n) is 16.1. The maximum atomic E-state index is 12.7. The van der Waals surface area contributed by atoms with Gasteiger partial charge in [0.2, 0.25) is 0 Å². The van der Waals surface area contributed by atoms with Crippen LogP contribution >= 0.6 is 11.8 Å². The third-order valence-corrected chi connectivity index (χ3v) is 6.43. The van der Waals surface area contributed by atoms with E-state index in [-0.39, 0.29) is 5.69 Å². The number of nitrogens with zero attached hydrogens (tertiary/aromatic N) is 3. The van der Waals surface area contributed by atoms with E-state index in [1.54, 1.807) is 11.8 Å². The normalized spacial score (nSPS) is 13.4. The highest BCUT2D eigenvalue weighted by Crippen LogP contribution is 2.31. The smallest absolute Gasteiger partial charge is 0.302 e. The summed E-state index contributed by atoms with van der Waals surface area (Å²) in [7, 11) is 0. The minimum atomic E-state index is -0.0786. The van der Waals surface area contributed by atoms with E-state index in [1.165, 1.54) is 22.4 Å². The van der Waals surface area contributed by atoms with Crippen LogP contribution < -0.4 is 5.69 Å². The fourth-order valence-corrected chi connectivity index (χ4v) is 4.79. The van der Waals surface area contributed by atoms with Crippen LogP contribution in [0.3, 0.4) is 0 Å². The molecule has 2 aromatic rings. The minimum Gasteiger partial charge on any atom is -0.302 e. The van der Waals surface area contributed by atoms with Gasteiger partial charge in [0, 0.05) is 30.1 Å². The molecule has 0 unspecified atom stereocenters. The van der Waals surface area contributed by atoms with Crippen LogP contribution in [-0.4, -0.2) is 34.1 Å². The molecule has 5 heteroatoms. The quantitative estimate of drug-likeness (QED) is 0.524. The standard InChI is InChI=1S/C21H29N3OS/c1-4-23(5-2)13-14-24-19-12-8-11-18(19)20(22-21(24)25)26-15-17-10-7-6-9-16(17)3/h6-7,9-10H,4-5,8,11-15H2,1-3H3. The Kier molecular flexibility index (Phi) is 6.54. The van der Waals surface area contributed by atoms with Crippen LogP contribution in [0, 0.1) is 6.92 Å². The molecule has 26 heavy (non-hydrogen) atoms. The van der Waals surface area contributed by atoms with Crippen LogP contribution in [0.15, 0.2) is 34.1 Å². The summed E-state index contributed by atoms with van der Waals surface area (Å²) in [4.78, 5) is 19.5. The number of likely N-dealkylation sites (N-methyl/N-ethyl adjacent to an activating group) is 1. The number of benzene rings is 1. The Hall–Kier alpha value is -1.59. The molecule has 1 aromatic carbocycles. The molecule has 0 N–H and O–H groups in total. The second-order valence-corrected chi connectivity index (χ2v) is 7.84. The Morgan fingerprint density at radius 3 is 2.69 bits per heavy atom. The summed E-state index contributed by atoms with van der Waals surface area (Å²) in [6.45, 7) is 10.2. The highest BCUT2D eigenvalue weighted by molar-refractivity contribution is 7.98. The number of thioether (sulfide) groups is 1. The fraction of sp³-hybridized carbons (Fsp3) is 0.524. The molecule has 1 aromatic heterocycles. The topological polar surface area (TPSA) is 38.1 Å². The van der Waals surface area contributed by atoms with Crippen LogP contribution in [0.5, 0.6) is 0 Å². The number of hydrogen-bond donors (Lipinski definition) is 0. The van der Waals surface area contributed by atoms with E-state index in [0.29, 0.717) is 0 Å². The van der Waals surface area contributed by atoms with E-state index >= 15 is 0 Å². The first-order valence-electron chi connectivity index (χ1n) is 9.66. The molecule has 4 nitrogen and oxygen atoms in total. The van der Waals surface area contributed by atoms with E-state index in [4.69, 9.17) is 0 Å². The molecule has 1 aliphatic carbocycles. The summed E-state index contributed by atoms with van der Waals surface area (Å²) < 4.78 is 1.93. The van der Waals surface area contributed by atoms with Crippen LogP contribution in [0.1, 0.15) is 42.7 Å². The molecule has 0 bridgehead atoms. The van der Waals surface area contributed by atoms with Crippen LogP contribution in [0.4, 0.5) is 0 Å². The van der Waals surface area contributed by atoms with Gasteiger partial charge in [-0.05, 0) is 50.4 Å². The lowest BCUT2D eigenvalue weighted by Gasteiger charge is -2.20. The van der Waals surface area contributed by atoms with E-state index < -0.39 is 0 Å². The predicted octanol–water partition coefficient (Wildman–Crippen LogP) is 3.67. The molecular formula is C21H29N3OS. The monoisotopic (exact) mass is 371 g/mol. The maximum absolute atomic E-state index is 12.7. The van der Waals surface area contributed by atoms with Crippen molar-refractivity contribution in [3.8, 4) is 0 Å². The summed E-state index contributed by atoms with van der Waals surface area (Å²) in [6.07, 6.45) is 3.18. The molecule has 0 fully saturated rings. The molecule has 0 atom stereocenters. The number of hydrogen-bond acceptors (Lipinski definition) is 4. The van der Waals surface area contributed by atoms with Crippen LogP contribution in [-0.2, 0) is 25.1 Å². The summed E-state index contributed by atoms with van der Waals surface area (Å²) in [5.41, 5.74) is 5.07. The van der Waals surface area contributed by atoms with E-state index in [2.05, 4.69) is 54.9 Å². The molecule has 1 heterocycles. The SMILES string of the molecule is CCN(CC)CCn1c2c(c(SCc3ccccc3C)nc1=O)CCC2. The van der Waals surface area contributed by atoms with Gasteiger partial charge in [-0.25, -0.2) is 4.79 Å². The average Bonchev–Trinajstić information content (AvgIpc) is 3.13. The molecule has 1 aliphatic rings. The number of aromatic nitrogens is 2. The third kappa shape index (κ3) is 4.21. The second-order valence-electron chi connectivity index (χ2n) is 6.87. The zero-order chi connectivity index (χ0) is 18.5. The van der Waals surface area contributed by atoms with Gasteiger partial charge in [-0.2, -0.15) is 4.98 Å². The second kappa shape index (κ2) is 8.87. The maximum Gasteiger partial charge on any atom is 0.348 e. The van der Waals surface area contributed by atoms with Crippen molar-refractivity contribution < 1.29 is 0 Å². The summed E-state index contributed by atoms with van der Waals surface area (Å²) in [6, 6.07) is 8.44. The molecule has 0 spiro atoms. The van der Waals surface area contributed by atoms with Gasteiger partial charge in [0.25, 0.3) is 0 Å². The minimum absolute atomic E-state index is 0.0786. The number of aryl methyl sites for hydroxylation is 1. The highest BCUT2D eigenvalue weighted by Gasteiger charge is 2.22. The summed E-state index contributed by atoms with van der Waals surface area (Å²) in [5, 5.41) is 0.949. The summed E-state index contributed by atoms with van der Waals surface area (Å²) >= 11 is 1.71. The van der Waals surface area contributed by atoms with Crippen molar-refractivity contribution in [2.75, 3.05) is 19.6 Å². The molecule has 140 valence electrons. The molecule has 0 aliphatic heterocycles. The van der Waals surface area contributed by atoms with Gasteiger partial charge < -0.3 is 4.90 Å². The first-order valence-corrected chi connectivity index (χ1v) is 10.6. The molecule has 0 radical (unpaired) electrons. The Morgan fingerprint density at radius 2 is 1.96 bits per heavy atom. The number of fused-ring (bicyclic) bond motifs is 1. The van der Waals surface area contributed by atoms with Crippen molar-refractivity contribution in [1.29, 1.82) is 0 Å². The highest BCUT2D eigenvalue weighted by atomic mass is 32.2. The fourth-order valence-electron chi connectivity index (χ4n) is 3.64. The van der Waals surface area contributed by atoms with Crippen molar-refractivity contribution in [2.45, 2.75) is 57.4 Å². The lowest BCUT2D eigenvalue weighted by atomic mass is 10.1. The van der Waals surface area contributed by atoms with Crippen molar-refractivity contribution in [3.05, 3.63) is 57.1 Å². The Bertz CT molecular complexity index is 811. The van der Waals surface area contributed by atoms with Crippen molar-refractivity contribution in [3.63, 3.8) is 0 Å². The zero-order valence-corrected chi connectivity index (χ0v) is 16.9. The van der Waals surface area contributed by atoms with Crippen LogP contribution in [0.2, 0.25) is 0 Å². The molecule has 3 rings (SSSR count). The van der Waals surface area contributed by atoms with Gasteiger partial charge in [-0.15, -0.1) is 11.8 Å². The summed E-state index contributed by atoms with van der Waals surface area (Å²) in [5.74, 6) is 0.870. The first kappa shape index (κ1) is 19.2. The van der Waals surface area contributed by atoms with Gasteiger partial charge in [0.05, 0.1) is 0 Å². The molecular weight excluding hydrogens is 342 g/mol. The first-order chi connectivity index (χ1) is 12.6. The molecule has 0 saturated heterocycles.